The first-order valence-electron chi connectivity index (χ1n) is 6.39. The Balaban J connectivity index is 0.000000437. The first-order chi connectivity index (χ1) is 8.19. The largest absolute Gasteiger partial charge is 0.240 e. The highest BCUT2D eigenvalue weighted by molar-refractivity contribution is 5.63. The maximum Gasteiger partial charge on any atom is 0.131 e. The average Bonchev–Trinajstić information content (AvgIpc) is 2.53. The van der Waals surface area contributed by atoms with Gasteiger partial charge in [0.25, 0.3) is 0 Å². The highest BCUT2D eigenvalue weighted by Crippen LogP contribution is 2.17. The summed E-state index contributed by atoms with van der Waals surface area (Å²) >= 11 is 0. The number of aromatic nitrogens is 2. The molecular weight excluding hydrogens is 208 g/mol. The molecule has 92 valence electrons. The van der Waals surface area contributed by atoms with E-state index in [-0.39, 0.29) is 0 Å². The van der Waals surface area contributed by atoms with E-state index in [2.05, 4.69) is 62.0 Å². The maximum atomic E-state index is 4.52. The molecule has 0 atom stereocenters. The lowest BCUT2D eigenvalue weighted by Gasteiger charge is -2.05. The molecule has 0 bridgehead atoms. The van der Waals surface area contributed by atoms with Crippen molar-refractivity contribution in [1.29, 1.82) is 0 Å². The monoisotopic (exact) mass is 230 g/mol. The molecule has 0 unspecified atom stereocenters. The second kappa shape index (κ2) is 7.00. The van der Waals surface area contributed by atoms with Crippen molar-refractivity contribution in [3.05, 3.63) is 35.4 Å². The molecule has 1 aliphatic carbocycles. The van der Waals surface area contributed by atoms with Crippen LogP contribution in [0.4, 0.5) is 0 Å². The van der Waals surface area contributed by atoms with Crippen LogP contribution in [0.5, 0.6) is 0 Å². The number of nitrogens with zero attached hydrogens (tertiary/aromatic N) is 2. The molecular formula is C15H22N2. The van der Waals surface area contributed by atoms with Crippen molar-refractivity contribution in [2.45, 2.75) is 46.5 Å². The molecule has 0 radical (unpaired) electrons. The van der Waals surface area contributed by atoms with Gasteiger partial charge in [-0.1, -0.05) is 52.3 Å². The van der Waals surface area contributed by atoms with E-state index in [0.29, 0.717) is 5.92 Å². The standard InChI is InChI=1S/C12H14N2.C3H8/c1-9(2)12-13-8-10-6-4-3-5-7-11(10)14-12;1-3-2/h4-9H,3H2,1-2H3;3H2,1-2H3. The Morgan fingerprint density at radius 1 is 1.18 bits per heavy atom. The van der Waals surface area contributed by atoms with Gasteiger partial charge in [0.15, 0.2) is 0 Å². The molecule has 1 aromatic rings. The van der Waals surface area contributed by atoms with Crippen LogP contribution < -0.4 is 0 Å². The Hall–Kier alpha value is -1.44. The first kappa shape index (κ1) is 13.6. The molecule has 17 heavy (non-hydrogen) atoms. The fourth-order valence-corrected chi connectivity index (χ4v) is 1.41. The Morgan fingerprint density at radius 3 is 2.47 bits per heavy atom. The van der Waals surface area contributed by atoms with Crippen LogP contribution in [-0.4, -0.2) is 9.97 Å². The van der Waals surface area contributed by atoms with Gasteiger partial charge in [0, 0.05) is 17.7 Å². The normalized spacial score (nSPS) is 12.8. The molecule has 1 aromatic heterocycles. The molecule has 0 fully saturated rings. The maximum absolute atomic E-state index is 4.52. The van der Waals surface area contributed by atoms with Crippen LogP contribution in [0.3, 0.4) is 0 Å². The predicted molar refractivity (Wildman–Crippen MR) is 74.8 cm³/mol. The first-order valence-corrected chi connectivity index (χ1v) is 6.39. The van der Waals surface area contributed by atoms with Crippen molar-refractivity contribution >= 4 is 12.2 Å². The summed E-state index contributed by atoms with van der Waals surface area (Å²) in [5, 5.41) is 0. The second-order valence-electron chi connectivity index (χ2n) is 4.47. The SMILES string of the molecule is CC(C)c1ncc2c(n1)C=CCC=C2.CCC. The third kappa shape index (κ3) is 4.14. The van der Waals surface area contributed by atoms with E-state index < -0.39 is 0 Å². The third-order valence-corrected chi connectivity index (χ3v) is 2.23. The van der Waals surface area contributed by atoms with Gasteiger partial charge in [0.1, 0.15) is 5.82 Å². The van der Waals surface area contributed by atoms with Crippen molar-refractivity contribution in [2.24, 2.45) is 0 Å². The summed E-state index contributed by atoms with van der Waals surface area (Å²) in [6.07, 6.45) is 12.5. The number of hydrogen-bond donors (Lipinski definition) is 0. The van der Waals surface area contributed by atoms with E-state index in [4.69, 9.17) is 0 Å². The van der Waals surface area contributed by atoms with Gasteiger partial charge in [-0.2, -0.15) is 0 Å². The average molecular weight is 230 g/mol. The Bertz CT molecular complexity index is 403. The van der Waals surface area contributed by atoms with Gasteiger partial charge in [0.05, 0.1) is 5.69 Å². The van der Waals surface area contributed by atoms with Gasteiger partial charge < -0.3 is 0 Å². The van der Waals surface area contributed by atoms with Crippen LogP contribution in [0.25, 0.3) is 12.2 Å². The van der Waals surface area contributed by atoms with E-state index in [1.54, 1.807) is 0 Å². The zero-order valence-corrected chi connectivity index (χ0v) is 11.3. The highest BCUT2D eigenvalue weighted by Gasteiger charge is 2.06. The van der Waals surface area contributed by atoms with Crippen molar-refractivity contribution in [2.75, 3.05) is 0 Å². The van der Waals surface area contributed by atoms with Gasteiger partial charge in [-0.05, 0) is 12.5 Å². The van der Waals surface area contributed by atoms with Gasteiger partial charge in [-0.25, -0.2) is 9.97 Å². The van der Waals surface area contributed by atoms with Crippen LogP contribution >= 0.6 is 0 Å². The predicted octanol–water partition coefficient (Wildman–Crippen LogP) is 4.45. The van der Waals surface area contributed by atoms with E-state index in [9.17, 15) is 0 Å². The highest BCUT2D eigenvalue weighted by atomic mass is 14.9. The quantitative estimate of drug-likeness (QED) is 0.712. The summed E-state index contributed by atoms with van der Waals surface area (Å²) in [5.74, 6) is 1.31. The Labute approximate surface area is 105 Å². The number of rotatable bonds is 1. The molecule has 1 aliphatic rings. The van der Waals surface area contributed by atoms with Gasteiger partial charge in [0.2, 0.25) is 0 Å². The van der Waals surface area contributed by atoms with Crippen molar-refractivity contribution < 1.29 is 0 Å². The molecule has 0 aliphatic heterocycles. The summed E-state index contributed by atoms with van der Waals surface area (Å²) in [4.78, 5) is 8.86. The molecule has 1 heterocycles. The van der Waals surface area contributed by atoms with E-state index in [1.807, 2.05) is 6.20 Å². The van der Waals surface area contributed by atoms with Gasteiger partial charge in [-0.15, -0.1) is 0 Å². The number of hydrogen-bond acceptors (Lipinski definition) is 2. The fourth-order valence-electron chi connectivity index (χ4n) is 1.41. The van der Waals surface area contributed by atoms with Crippen molar-refractivity contribution in [3.8, 4) is 0 Å². The summed E-state index contributed by atoms with van der Waals surface area (Å²) in [6.45, 7) is 8.47. The second-order valence-corrected chi connectivity index (χ2v) is 4.47. The molecule has 0 spiro atoms. The lowest BCUT2D eigenvalue weighted by molar-refractivity contribution is 0.771. The molecule has 2 heteroatoms. The Morgan fingerprint density at radius 2 is 1.82 bits per heavy atom. The zero-order valence-electron chi connectivity index (χ0n) is 11.3. The molecule has 2 nitrogen and oxygen atoms in total. The van der Waals surface area contributed by atoms with Crippen LogP contribution in [-0.2, 0) is 0 Å². The zero-order chi connectivity index (χ0) is 12.7. The lowest BCUT2D eigenvalue weighted by Crippen LogP contribution is -2.00. The minimum atomic E-state index is 0.390. The van der Waals surface area contributed by atoms with E-state index >= 15 is 0 Å². The van der Waals surface area contributed by atoms with E-state index in [1.165, 1.54) is 6.42 Å². The minimum absolute atomic E-state index is 0.390. The summed E-state index contributed by atoms with van der Waals surface area (Å²) in [5.41, 5.74) is 2.15. The lowest BCUT2D eigenvalue weighted by atomic mass is 10.1. The molecule has 0 saturated heterocycles. The number of allylic oxidation sites excluding steroid dienone is 2. The van der Waals surface area contributed by atoms with Crippen LogP contribution in [0, 0.1) is 0 Å². The van der Waals surface area contributed by atoms with Gasteiger partial charge in [-0.3, -0.25) is 0 Å². The number of fused-ring (bicyclic) bond motifs is 1. The van der Waals surface area contributed by atoms with Gasteiger partial charge >= 0.3 is 0 Å². The smallest absolute Gasteiger partial charge is 0.131 e. The van der Waals surface area contributed by atoms with E-state index in [0.717, 1.165) is 23.5 Å². The summed E-state index contributed by atoms with van der Waals surface area (Å²) < 4.78 is 0. The third-order valence-electron chi connectivity index (χ3n) is 2.23. The molecule has 0 aromatic carbocycles. The molecule has 2 rings (SSSR count). The fraction of sp³-hybridized carbons (Fsp3) is 0.467. The van der Waals surface area contributed by atoms with Crippen LogP contribution in [0.1, 0.15) is 63.5 Å². The Kier molecular flexibility index (Phi) is 5.61. The molecule has 0 N–H and O–H groups in total. The topological polar surface area (TPSA) is 25.8 Å². The van der Waals surface area contributed by atoms with Crippen molar-refractivity contribution in [3.63, 3.8) is 0 Å². The molecule has 0 amide bonds. The van der Waals surface area contributed by atoms with Crippen LogP contribution in [0.15, 0.2) is 18.3 Å². The summed E-state index contributed by atoms with van der Waals surface area (Å²) in [7, 11) is 0. The van der Waals surface area contributed by atoms with Crippen molar-refractivity contribution in [1.82, 2.24) is 9.97 Å². The minimum Gasteiger partial charge on any atom is -0.240 e. The van der Waals surface area contributed by atoms with Crippen LogP contribution in [0.2, 0.25) is 0 Å². The molecule has 0 saturated carbocycles. The summed E-state index contributed by atoms with van der Waals surface area (Å²) in [6, 6.07) is 0.